The molecule has 0 saturated carbocycles. The third-order valence-electron chi connectivity index (χ3n) is 11.3. The molecule has 0 heterocycles. The maximum Gasteiger partial charge on any atom is 0.306 e. The minimum atomic E-state index is -0.762. The second kappa shape index (κ2) is 40.6. The summed E-state index contributed by atoms with van der Waals surface area (Å²) in [6, 6.07) is 0. The van der Waals surface area contributed by atoms with Crippen LogP contribution in [0, 0.1) is 17.8 Å². The van der Waals surface area contributed by atoms with E-state index < -0.39 is 6.10 Å². The van der Waals surface area contributed by atoms with Gasteiger partial charge >= 0.3 is 17.9 Å². The summed E-state index contributed by atoms with van der Waals surface area (Å²) in [6.07, 6.45) is 38.2. The van der Waals surface area contributed by atoms with Crippen molar-refractivity contribution in [3.63, 3.8) is 0 Å². The predicted octanol–water partition coefficient (Wildman–Crippen LogP) is 15.2. The quantitative estimate of drug-likeness (QED) is 0.0349. The van der Waals surface area contributed by atoms with Gasteiger partial charge in [-0.05, 0) is 37.0 Å². The molecule has 0 aromatic carbocycles. The molecular weight excluding hydrogens is 685 g/mol. The molecule has 6 nitrogen and oxygen atoms in total. The highest BCUT2D eigenvalue weighted by molar-refractivity contribution is 5.71. The lowest BCUT2D eigenvalue weighted by Crippen LogP contribution is -2.30. The van der Waals surface area contributed by atoms with Crippen LogP contribution >= 0.6 is 0 Å². The first-order chi connectivity index (χ1) is 26.6. The molecule has 0 rings (SSSR count). The van der Waals surface area contributed by atoms with Crippen LogP contribution in [0.25, 0.3) is 0 Å². The van der Waals surface area contributed by atoms with Crippen molar-refractivity contribution in [2.45, 2.75) is 266 Å². The second-order valence-corrected chi connectivity index (χ2v) is 17.9. The first-order valence-corrected chi connectivity index (χ1v) is 24.1. The highest BCUT2D eigenvalue weighted by Crippen LogP contribution is 2.18. The number of carbonyl (C=O) groups excluding carboxylic acids is 3. The van der Waals surface area contributed by atoms with Crippen molar-refractivity contribution in [3.05, 3.63) is 0 Å². The van der Waals surface area contributed by atoms with Crippen LogP contribution in [-0.2, 0) is 28.6 Å². The molecule has 0 aromatic rings. The summed E-state index contributed by atoms with van der Waals surface area (Å²) in [7, 11) is 0. The summed E-state index contributed by atoms with van der Waals surface area (Å²) in [6.45, 7) is 13.6. The lowest BCUT2D eigenvalue weighted by Gasteiger charge is -2.18. The number of ether oxygens (including phenoxy) is 3. The van der Waals surface area contributed by atoms with E-state index in [-0.39, 0.29) is 31.1 Å². The predicted molar refractivity (Wildman–Crippen MR) is 233 cm³/mol. The van der Waals surface area contributed by atoms with E-state index >= 15 is 0 Å². The Morgan fingerprint density at radius 3 is 0.945 bits per heavy atom. The van der Waals surface area contributed by atoms with Crippen LogP contribution in [0.1, 0.15) is 260 Å². The first-order valence-electron chi connectivity index (χ1n) is 24.1. The van der Waals surface area contributed by atoms with Crippen LogP contribution in [0.5, 0.6) is 0 Å². The van der Waals surface area contributed by atoms with Gasteiger partial charge in [-0.15, -0.1) is 0 Å². The molecular formula is C49H94O6. The zero-order chi connectivity index (χ0) is 40.6. The molecule has 0 N–H and O–H groups in total. The molecule has 0 bridgehead atoms. The number of carbonyl (C=O) groups is 3. The second-order valence-electron chi connectivity index (χ2n) is 17.9. The highest BCUT2D eigenvalue weighted by Gasteiger charge is 2.19. The highest BCUT2D eigenvalue weighted by atomic mass is 16.6. The maximum absolute atomic E-state index is 12.7. The average molecular weight is 779 g/mol. The fourth-order valence-electron chi connectivity index (χ4n) is 7.20. The summed E-state index contributed by atoms with van der Waals surface area (Å²) in [4.78, 5) is 37.7. The lowest BCUT2D eigenvalue weighted by molar-refractivity contribution is -0.167. The zero-order valence-electron chi connectivity index (χ0n) is 37.7. The zero-order valence-corrected chi connectivity index (χ0v) is 37.7. The Labute approximate surface area is 342 Å². The molecule has 0 aliphatic heterocycles. The van der Waals surface area contributed by atoms with E-state index in [0.717, 1.165) is 75.5 Å². The molecule has 0 aliphatic carbocycles. The Balaban J connectivity index is 4.23. The number of esters is 3. The van der Waals surface area contributed by atoms with Crippen molar-refractivity contribution in [1.82, 2.24) is 0 Å². The smallest absolute Gasteiger partial charge is 0.306 e. The molecule has 0 spiro atoms. The average Bonchev–Trinajstić information content (AvgIpc) is 3.15. The third kappa shape index (κ3) is 41.9. The van der Waals surface area contributed by atoms with Gasteiger partial charge in [-0.1, -0.05) is 221 Å². The molecule has 326 valence electrons. The van der Waals surface area contributed by atoms with E-state index in [1.54, 1.807) is 0 Å². The number of hydrogen-bond acceptors (Lipinski definition) is 6. The van der Waals surface area contributed by atoms with Gasteiger partial charge in [0.05, 0.1) is 0 Å². The van der Waals surface area contributed by atoms with Gasteiger partial charge in [-0.2, -0.15) is 0 Å². The van der Waals surface area contributed by atoms with Crippen LogP contribution in [0.4, 0.5) is 0 Å². The standard InChI is InChI=1S/C49H94O6/c1-7-45(6)37-31-25-18-14-12-10-8-9-11-13-15-19-26-32-38-47(50)53-41-46(42-54-48(51)39-33-27-22-21-24-30-36-44(4)5)55-49(52)40-34-28-20-16-17-23-29-35-43(2)3/h43-46H,7-42H2,1-6H3/t45?,46-/m0/s1. The van der Waals surface area contributed by atoms with E-state index in [1.807, 2.05) is 0 Å². The third-order valence-corrected chi connectivity index (χ3v) is 11.3. The molecule has 0 radical (unpaired) electrons. The van der Waals surface area contributed by atoms with E-state index in [2.05, 4.69) is 41.5 Å². The molecule has 55 heavy (non-hydrogen) atoms. The number of hydrogen-bond donors (Lipinski definition) is 0. The summed E-state index contributed by atoms with van der Waals surface area (Å²) >= 11 is 0. The summed E-state index contributed by atoms with van der Waals surface area (Å²) in [5.74, 6) is 1.57. The maximum atomic E-state index is 12.7. The molecule has 0 saturated heterocycles. The van der Waals surface area contributed by atoms with Crippen molar-refractivity contribution >= 4 is 17.9 Å². The Morgan fingerprint density at radius 2 is 0.636 bits per heavy atom. The van der Waals surface area contributed by atoms with E-state index in [4.69, 9.17) is 14.2 Å². The fourth-order valence-corrected chi connectivity index (χ4v) is 7.20. The molecule has 6 heteroatoms. The van der Waals surface area contributed by atoms with Crippen LogP contribution in [0.15, 0.2) is 0 Å². The van der Waals surface area contributed by atoms with Gasteiger partial charge in [0.15, 0.2) is 6.10 Å². The Hall–Kier alpha value is -1.59. The van der Waals surface area contributed by atoms with Gasteiger partial charge in [-0.3, -0.25) is 14.4 Å². The van der Waals surface area contributed by atoms with Gasteiger partial charge in [0, 0.05) is 19.3 Å². The largest absolute Gasteiger partial charge is 0.462 e. The molecule has 0 aromatic heterocycles. The minimum Gasteiger partial charge on any atom is -0.462 e. The van der Waals surface area contributed by atoms with Crippen LogP contribution in [0.2, 0.25) is 0 Å². The summed E-state index contributed by atoms with van der Waals surface area (Å²) in [5, 5.41) is 0. The lowest BCUT2D eigenvalue weighted by atomic mass is 9.99. The van der Waals surface area contributed by atoms with Gasteiger partial charge in [0.2, 0.25) is 0 Å². The van der Waals surface area contributed by atoms with Crippen LogP contribution in [0.3, 0.4) is 0 Å². The van der Waals surface area contributed by atoms with Crippen molar-refractivity contribution < 1.29 is 28.6 Å². The Morgan fingerprint density at radius 1 is 0.364 bits per heavy atom. The number of unbranched alkanes of at least 4 members (excludes halogenated alkanes) is 24. The normalized spacial score (nSPS) is 12.7. The van der Waals surface area contributed by atoms with E-state index in [9.17, 15) is 14.4 Å². The van der Waals surface area contributed by atoms with Gasteiger partial charge < -0.3 is 14.2 Å². The van der Waals surface area contributed by atoms with Gasteiger partial charge in [-0.25, -0.2) is 0 Å². The Bertz CT molecular complexity index is 854. The fraction of sp³-hybridized carbons (Fsp3) is 0.939. The topological polar surface area (TPSA) is 78.9 Å². The molecule has 2 atom stereocenters. The molecule has 0 fully saturated rings. The van der Waals surface area contributed by atoms with Crippen molar-refractivity contribution in [1.29, 1.82) is 0 Å². The monoisotopic (exact) mass is 779 g/mol. The number of rotatable bonds is 42. The van der Waals surface area contributed by atoms with Crippen molar-refractivity contribution in [3.8, 4) is 0 Å². The van der Waals surface area contributed by atoms with E-state index in [1.165, 1.54) is 141 Å². The summed E-state index contributed by atoms with van der Waals surface area (Å²) in [5.41, 5.74) is 0. The van der Waals surface area contributed by atoms with Gasteiger partial charge in [0.1, 0.15) is 13.2 Å². The van der Waals surface area contributed by atoms with Crippen LogP contribution < -0.4 is 0 Å². The summed E-state index contributed by atoms with van der Waals surface area (Å²) < 4.78 is 16.7. The van der Waals surface area contributed by atoms with E-state index in [0.29, 0.717) is 19.3 Å². The minimum absolute atomic E-state index is 0.0666. The molecule has 0 aliphatic rings. The first kappa shape index (κ1) is 53.4. The van der Waals surface area contributed by atoms with Crippen LogP contribution in [-0.4, -0.2) is 37.2 Å². The molecule has 0 amide bonds. The van der Waals surface area contributed by atoms with Gasteiger partial charge in [0.25, 0.3) is 0 Å². The SMILES string of the molecule is CCC(C)CCCCCCCCCCCCCCCCC(=O)OC[C@@H](COC(=O)CCCCCCCCC(C)C)OC(=O)CCCCCCCCCC(C)C. The molecule has 1 unspecified atom stereocenters. The Kier molecular flexibility index (Phi) is 39.4. The van der Waals surface area contributed by atoms with Crippen molar-refractivity contribution in [2.24, 2.45) is 17.8 Å². The van der Waals surface area contributed by atoms with Crippen molar-refractivity contribution in [2.75, 3.05) is 13.2 Å².